The molecule has 4 aromatic rings. The second kappa shape index (κ2) is 6.42. The molecule has 0 fully saturated rings. The topological polar surface area (TPSA) is 92.9 Å². The van der Waals surface area contributed by atoms with E-state index in [1.807, 2.05) is 28.8 Å². The van der Waals surface area contributed by atoms with Crippen LogP contribution in [0.3, 0.4) is 0 Å². The van der Waals surface area contributed by atoms with Gasteiger partial charge in [-0.05, 0) is 18.2 Å². The number of nitrogens with one attached hydrogen (secondary N) is 2. The minimum Gasteiger partial charge on any atom is -0.361 e. The average Bonchev–Trinajstić information content (AvgIpc) is 3.36. The van der Waals surface area contributed by atoms with E-state index in [0.717, 1.165) is 10.9 Å². The van der Waals surface area contributed by atoms with Crippen molar-refractivity contribution in [3.05, 3.63) is 71.8 Å². The number of aromatic nitrogens is 2. The molecule has 2 aromatic carbocycles. The van der Waals surface area contributed by atoms with Crippen molar-refractivity contribution in [3.63, 3.8) is 0 Å². The zero-order valence-corrected chi connectivity index (χ0v) is 15.3. The van der Waals surface area contributed by atoms with Gasteiger partial charge in [0.1, 0.15) is 5.82 Å². The van der Waals surface area contributed by atoms with Crippen molar-refractivity contribution in [1.29, 1.82) is 0 Å². The molecule has 3 heterocycles. The van der Waals surface area contributed by atoms with Crippen molar-refractivity contribution in [3.8, 4) is 0 Å². The van der Waals surface area contributed by atoms with Crippen molar-refractivity contribution in [2.45, 2.75) is 6.54 Å². The Bertz CT molecular complexity index is 1350. The average molecular weight is 388 g/mol. The molecule has 4 N–H and O–H groups in total. The molecule has 144 valence electrons. The van der Waals surface area contributed by atoms with Crippen LogP contribution in [0.15, 0.2) is 54.9 Å². The van der Waals surface area contributed by atoms with Crippen LogP contribution in [0.5, 0.6) is 0 Å². The molecule has 1 aliphatic rings. The highest BCUT2D eigenvalue weighted by Gasteiger charge is 2.35. The van der Waals surface area contributed by atoms with Gasteiger partial charge in [0.05, 0.1) is 16.7 Å². The van der Waals surface area contributed by atoms with Gasteiger partial charge in [0.15, 0.2) is 0 Å². The Labute approximate surface area is 164 Å². The summed E-state index contributed by atoms with van der Waals surface area (Å²) in [5.41, 5.74) is 8.58. The van der Waals surface area contributed by atoms with Crippen LogP contribution in [-0.2, 0) is 16.1 Å². The number of H-pyrrole nitrogens is 1. The van der Waals surface area contributed by atoms with E-state index in [0.29, 0.717) is 35.1 Å². The molecule has 29 heavy (non-hydrogen) atoms. The van der Waals surface area contributed by atoms with Gasteiger partial charge in [-0.15, -0.1) is 0 Å². The number of fused-ring (bicyclic) bond motifs is 2. The molecule has 2 amide bonds. The molecule has 6 nitrogen and oxygen atoms in total. The number of carbonyl (C=O) groups is 2. The summed E-state index contributed by atoms with van der Waals surface area (Å²) < 4.78 is 16.6. The van der Waals surface area contributed by atoms with Crippen LogP contribution in [0, 0.1) is 5.82 Å². The Morgan fingerprint density at radius 2 is 1.72 bits per heavy atom. The molecule has 0 saturated heterocycles. The number of halogens is 1. The van der Waals surface area contributed by atoms with Gasteiger partial charge in [0, 0.05) is 52.9 Å². The van der Waals surface area contributed by atoms with Gasteiger partial charge in [0.25, 0.3) is 11.8 Å². The Hall–Kier alpha value is -3.71. The van der Waals surface area contributed by atoms with Gasteiger partial charge in [-0.3, -0.25) is 14.9 Å². The Balaban J connectivity index is 1.86. The Kier molecular flexibility index (Phi) is 3.85. The summed E-state index contributed by atoms with van der Waals surface area (Å²) in [6, 6.07) is 12.2. The van der Waals surface area contributed by atoms with Crippen molar-refractivity contribution in [2.75, 3.05) is 6.54 Å². The first kappa shape index (κ1) is 17.4. The fourth-order valence-electron chi connectivity index (χ4n) is 4.07. The van der Waals surface area contributed by atoms with E-state index in [-0.39, 0.29) is 11.1 Å². The van der Waals surface area contributed by atoms with E-state index in [1.165, 1.54) is 6.07 Å². The minimum atomic E-state index is -0.537. The largest absolute Gasteiger partial charge is 0.361 e. The third-order valence-electron chi connectivity index (χ3n) is 5.28. The molecule has 7 heteroatoms. The molecular weight excluding hydrogens is 371 g/mol. The molecule has 0 aliphatic carbocycles. The zero-order valence-electron chi connectivity index (χ0n) is 15.3. The van der Waals surface area contributed by atoms with Gasteiger partial charge in [0.2, 0.25) is 0 Å². The summed E-state index contributed by atoms with van der Waals surface area (Å²) in [6.07, 6.45) is 3.40. The molecule has 0 atom stereocenters. The van der Waals surface area contributed by atoms with Crippen molar-refractivity contribution >= 4 is 44.8 Å². The van der Waals surface area contributed by atoms with E-state index in [9.17, 15) is 14.0 Å². The van der Waals surface area contributed by atoms with Crippen LogP contribution >= 0.6 is 0 Å². The Morgan fingerprint density at radius 3 is 2.52 bits per heavy atom. The number of amides is 2. The van der Waals surface area contributed by atoms with Crippen molar-refractivity contribution in [1.82, 2.24) is 14.9 Å². The predicted molar refractivity (Wildman–Crippen MR) is 109 cm³/mol. The third-order valence-corrected chi connectivity index (χ3v) is 5.28. The van der Waals surface area contributed by atoms with E-state index in [1.54, 1.807) is 24.5 Å². The van der Waals surface area contributed by atoms with Crippen LogP contribution in [0.2, 0.25) is 0 Å². The molecule has 0 bridgehead atoms. The second-order valence-electron chi connectivity index (χ2n) is 6.94. The number of aromatic amines is 1. The number of hydrogen-bond acceptors (Lipinski definition) is 3. The number of nitrogens with two attached hydrogens (primary N) is 1. The van der Waals surface area contributed by atoms with E-state index < -0.39 is 17.6 Å². The maximum Gasteiger partial charge on any atom is 0.259 e. The maximum atomic E-state index is 14.8. The second-order valence-corrected chi connectivity index (χ2v) is 6.94. The lowest BCUT2D eigenvalue weighted by Gasteiger charge is -2.03. The lowest BCUT2D eigenvalue weighted by atomic mass is 9.95. The number of hydrogen-bond donors (Lipinski definition) is 3. The van der Waals surface area contributed by atoms with Gasteiger partial charge >= 0.3 is 0 Å². The number of para-hydroxylation sites is 1. The van der Waals surface area contributed by atoms with Gasteiger partial charge in [-0.2, -0.15) is 0 Å². The summed E-state index contributed by atoms with van der Waals surface area (Å²) in [4.78, 5) is 28.7. The lowest BCUT2D eigenvalue weighted by Crippen LogP contribution is -2.22. The monoisotopic (exact) mass is 388 g/mol. The molecule has 1 aliphatic heterocycles. The lowest BCUT2D eigenvalue weighted by molar-refractivity contribution is -0.122. The number of carbonyl (C=O) groups excluding carboxylic acids is 2. The van der Waals surface area contributed by atoms with Crippen molar-refractivity contribution < 1.29 is 14.0 Å². The van der Waals surface area contributed by atoms with E-state index in [4.69, 9.17) is 5.73 Å². The molecule has 0 saturated carbocycles. The number of nitrogens with zero attached hydrogens (tertiary/aromatic N) is 1. The maximum absolute atomic E-state index is 14.8. The summed E-state index contributed by atoms with van der Waals surface area (Å²) in [6.45, 7) is 0.824. The highest BCUT2D eigenvalue weighted by atomic mass is 19.1. The molecule has 2 aromatic heterocycles. The fraction of sp³-hybridized carbons (Fsp3) is 0.0909. The fourth-order valence-corrected chi connectivity index (χ4v) is 4.07. The van der Waals surface area contributed by atoms with Crippen LogP contribution in [0.1, 0.15) is 11.1 Å². The number of imide groups is 1. The summed E-state index contributed by atoms with van der Waals surface area (Å²) >= 11 is 0. The quantitative estimate of drug-likeness (QED) is 0.470. The first-order valence-electron chi connectivity index (χ1n) is 9.24. The summed E-state index contributed by atoms with van der Waals surface area (Å²) in [5, 5.41) is 3.49. The van der Waals surface area contributed by atoms with E-state index in [2.05, 4.69) is 10.3 Å². The van der Waals surface area contributed by atoms with Crippen LogP contribution in [0.4, 0.5) is 4.39 Å². The Morgan fingerprint density at radius 1 is 0.966 bits per heavy atom. The molecule has 0 radical (unpaired) electrons. The first-order valence-corrected chi connectivity index (χ1v) is 9.24. The van der Waals surface area contributed by atoms with Gasteiger partial charge in [-0.25, -0.2) is 4.39 Å². The number of rotatable bonds is 4. The molecule has 0 spiro atoms. The highest BCUT2D eigenvalue weighted by Crippen LogP contribution is 2.38. The summed E-state index contributed by atoms with van der Waals surface area (Å²) in [5.74, 6) is -1.48. The molecule has 5 rings (SSSR count). The third kappa shape index (κ3) is 2.51. The normalized spacial score (nSPS) is 14.4. The van der Waals surface area contributed by atoms with E-state index >= 15 is 0 Å². The smallest absolute Gasteiger partial charge is 0.259 e. The minimum absolute atomic E-state index is 0.172. The van der Waals surface area contributed by atoms with Crippen LogP contribution in [-0.4, -0.2) is 27.9 Å². The SMILES string of the molecule is NCCn1cc(C2=C(c3c[nH]c4ccccc34)C(=O)NC2=O)c2c(F)cccc21. The zero-order chi connectivity index (χ0) is 20.1. The standard InChI is InChI=1S/C22H17FN4O2/c23-15-5-3-7-17-18(15)14(11-27(17)9-8-24)20-19(21(28)26-22(20)29)13-10-25-16-6-2-1-4-12(13)16/h1-7,10-11,25H,8-9,24H2,(H,26,28,29). The van der Waals surface area contributed by atoms with Gasteiger partial charge < -0.3 is 15.3 Å². The number of benzene rings is 2. The summed E-state index contributed by atoms with van der Waals surface area (Å²) in [7, 11) is 0. The van der Waals surface area contributed by atoms with Gasteiger partial charge in [-0.1, -0.05) is 24.3 Å². The molecule has 0 unspecified atom stereocenters. The first-order chi connectivity index (χ1) is 14.1. The predicted octanol–water partition coefficient (Wildman–Crippen LogP) is 2.79. The van der Waals surface area contributed by atoms with Crippen LogP contribution in [0.25, 0.3) is 33.0 Å². The highest BCUT2D eigenvalue weighted by molar-refractivity contribution is 6.50. The molecular formula is C22H17FN4O2. The van der Waals surface area contributed by atoms with Crippen molar-refractivity contribution in [2.24, 2.45) is 5.73 Å². The van der Waals surface area contributed by atoms with Crippen LogP contribution < -0.4 is 11.1 Å².